The van der Waals surface area contributed by atoms with Gasteiger partial charge in [-0.3, -0.25) is 0 Å². The number of aryl methyl sites for hydroxylation is 1. The van der Waals surface area contributed by atoms with Gasteiger partial charge in [0.2, 0.25) is 0 Å². The Morgan fingerprint density at radius 3 is 2.67 bits per heavy atom. The van der Waals surface area contributed by atoms with E-state index in [1.807, 2.05) is 37.3 Å². The lowest BCUT2D eigenvalue weighted by Crippen LogP contribution is -1.99. The number of benzene rings is 2. The van der Waals surface area contributed by atoms with Gasteiger partial charge in [-0.25, -0.2) is 4.39 Å². The first-order valence-electron chi connectivity index (χ1n) is 5.57. The average molecular weight is 241 g/mol. The number of hydrogen-bond donors (Lipinski definition) is 0. The molecular weight excluding hydrogens is 229 g/mol. The Morgan fingerprint density at radius 1 is 1.22 bits per heavy atom. The molecule has 0 aliphatic heterocycles. The quantitative estimate of drug-likeness (QED) is 0.822. The first-order valence-corrected chi connectivity index (χ1v) is 5.57. The fourth-order valence-electron chi connectivity index (χ4n) is 1.61. The monoisotopic (exact) mass is 241 g/mol. The van der Waals surface area contributed by atoms with E-state index in [0.717, 1.165) is 11.1 Å². The zero-order valence-electron chi connectivity index (χ0n) is 9.98. The second-order valence-electron chi connectivity index (χ2n) is 3.97. The van der Waals surface area contributed by atoms with E-state index in [1.165, 1.54) is 18.2 Å². The molecule has 0 unspecified atom stereocenters. The number of nitriles is 1. The molecule has 2 nitrogen and oxygen atoms in total. The lowest BCUT2D eigenvalue weighted by atomic mass is 10.1. The molecule has 0 aromatic heterocycles. The summed E-state index contributed by atoms with van der Waals surface area (Å²) in [5.74, 6) is -0.347. The summed E-state index contributed by atoms with van der Waals surface area (Å²) in [6, 6.07) is 13.9. The molecule has 0 aliphatic carbocycles. The normalized spacial score (nSPS) is 9.83. The molecule has 90 valence electrons. The van der Waals surface area contributed by atoms with Crippen molar-refractivity contribution in [3.8, 4) is 11.8 Å². The molecule has 3 heteroatoms. The van der Waals surface area contributed by atoms with Crippen molar-refractivity contribution in [1.82, 2.24) is 0 Å². The molecule has 0 radical (unpaired) electrons. The maximum Gasteiger partial charge on any atom is 0.166 e. The Morgan fingerprint density at radius 2 is 2.00 bits per heavy atom. The van der Waals surface area contributed by atoms with Crippen molar-refractivity contribution < 1.29 is 9.13 Å². The van der Waals surface area contributed by atoms with Gasteiger partial charge in [0.1, 0.15) is 6.61 Å². The molecule has 0 aliphatic rings. The summed E-state index contributed by atoms with van der Waals surface area (Å²) in [7, 11) is 0. The second kappa shape index (κ2) is 5.33. The summed E-state index contributed by atoms with van der Waals surface area (Å²) in [5, 5.41) is 8.64. The molecule has 0 saturated carbocycles. The van der Waals surface area contributed by atoms with E-state index in [1.54, 1.807) is 0 Å². The van der Waals surface area contributed by atoms with Gasteiger partial charge in [0, 0.05) is 0 Å². The second-order valence-corrected chi connectivity index (χ2v) is 3.97. The van der Waals surface area contributed by atoms with Crippen LogP contribution in [0.15, 0.2) is 42.5 Å². The minimum absolute atomic E-state index is 0.164. The standard InChI is InChI=1S/C15H12FNO/c1-11-4-2-3-5-13(11)10-18-15-7-6-12(9-17)8-14(15)16/h2-8H,10H2,1H3. The van der Waals surface area contributed by atoms with E-state index in [-0.39, 0.29) is 11.3 Å². The Hall–Kier alpha value is -2.34. The molecule has 2 aromatic carbocycles. The lowest BCUT2D eigenvalue weighted by molar-refractivity contribution is 0.289. The van der Waals surface area contributed by atoms with Crippen molar-refractivity contribution in [3.05, 3.63) is 65.0 Å². The Bertz CT molecular complexity index is 602. The lowest BCUT2D eigenvalue weighted by Gasteiger charge is -2.09. The molecule has 0 amide bonds. The number of rotatable bonds is 3. The summed E-state index contributed by atoms with van der Waals surface area (Å²) in [6.07, 6.45) is 0. The smallest absolute Gasteiger partial charge is 0.166 e. The number of nitrogens with zero attached hydrogens (tertiary/aromatic N) is 1. The van der Waals surface area contributed by atoms with Crippen LogP contribution in [-0.2, 0) is 6.61 Å². The van der Waals surface area contributed by atoms with Gasteiger partial charge in [-0.05, 0) is 36.2 Å². The Kier molecular flexibility index (Phi) is 3.59. The van der Waals surface area contributed by atoms with Crippen molar-refractivity contribution in [1.29, 1.82) is 5.26 Å². The fourth-order valence-corrected chi connectivity index (χ4v) is 1.61. The van der Waals surface area contributed by atoms with Crippen LogP contribution < -0.4 is 4.74 Å². The van der Waals surface area contributed by atoms with E-state index in [4.69, 9.17) is 10.00 Å². The zero-order chi connectivity index (χ0) is 13.0. The van der Waals surface area contributed by atoms with Crippen LogP contribution in [0.2, 0.25) is 0 Å². The summed E-state index contributed by atoms with van der Waals surface area (Å²) in [5.41, 5.74) is 2.41. The van der Waals surface area contributed by atoms with Crippen LogP contribution in [0.1, 0.15) is 16.7 Å². The molecule has 2 aromatic rings. The number of halogens is 1. The zero-order valence-corrected chi connectivity index (χ0v) is 9.98. The summed E-state index contributed by atoms with van der Waals surface area (Å²) < 4.78 is 19.0. The van der Waals surface area contributed by atoms with E-state index < -0.39 is 5.82 Å². The van der Waals surface area contributed by atoms with Crippen LogP contribution in [0, 0.1) is 24.1 Å². The molecule has 0 bridgehead atoms. The highest BCUT2D eigenvalue weighted by Crippen LogP contribution is 2.20. The molecule has 2 rings (SSSR count). The van der Waals surface area contributed by atoms with Crippen LogP contribution in [0.5, 0.6) is 5.75 Å². The highest BCUT2D eigenvalue weighted by atomic mass is 19.1. The third-order valence-electron chi connectivity index (χ3n) is 2.71. The van der Waals surface area contributed by atoms with Crippen molar-refractivity contribution in [2.75, 3.05) is 0 Å². The van der Waals surface area contributed by atoms with Crippen molar-refractivity contribution >= 4 is 0 Å². The van der Waals surface area contributed by atoms with Crippen LogP contribution in [0.3, 0.4) is 0 Å². The van der Waals surface area contributed by atoms with Gasteiger partial charge in [0.15, 0.2) is 11.6 Å². The van der Waals surface area contributed by atoms with E-state index in [2.05, 4.69) is 0 Å². The maximum absolute atomic E-state index is 13.6. The first-order chi connectivity index (χ1) is 8.70. The van der Waals surface area contributed by atoms with Gasteiger partial charge < -0.3 is 4.74 Å². The minimum Gasteiger partial charge on any atom is -0.486 e. The van der Waals surface area contributed by atoms with E-state index in [0.29, 0.717) is 6.61 Å². The van der Waals surface area contributed by atoms with Gasteiger partial charge in [0.25, 0.3) is 0 Å². The van der Waals surface area contributed by atoms with Gasteiger partial charge in [-0.2, -0.15) is 5.26 Å². The first kappa shape index (κ1) is 12.1. The van der Waals surface area contributed by atoms with Gasteiger partial charge in [0.05, 0.1) is 11.6 Å². The SMILES string of the molecule is Cc1ccccc1COc1ccc(C#N)cc1F. The highest BCUT2D eigenvalue weighted by molar-refractivity contribution is 5.36. The van der Waals surface area contributed by atoms with E-state index >= 15 is 0 Å². The molecule has 0 fully saturated rings. The maximum atomic E-state index is 13.6. The topological polar surface area (TPSA) is 33.0 Å². The molecule has 0 atom stereocenters. The average Bonchev–Trinajstić information content (AvgIpc) is 2.39. The van der Waals surface area contributed by atoms with Crippen molar-refractivity contribution in [3.63, 3.8) is 0 Å². The molecule has 0 saturated heterocycles. The van der Waals surface area contributed by atoms with Crippen LogP contribution in [0.4, 0.5) is 4.39 Å². The van der Waals surface area contributed by atoms with Crippen LogP contribution >= 0.6 is 0 Å². The van der Waals surface area contributed by atoms with Gasteiger partial charge >= 0.3 is 0 Å². The highest BCUT2D eigenvalue weighted by Gasteiger charge is 2.05. The van der Waals surface area contributed by atoms with Gasteiger partial charge in [-0.1, -0.05) is 24.3 Å². The summed E-state index contributed by atoms with van der Waals surface area (Å²) >= 11 is 0. The summed E-state index contributed by atoms with van der Waals surface area (Å²) in [6.45, 7) is 2.29. The van der Waals surface area contributed by atoms with Crippen molar-refractivity contribution in [2.45, 2.75) is 13.5 Å². The van der Waals surface area contributed by atoms with Crippen LogP contribution in [-0.4, -0.2) is 0 Å². The molecule has 18 heavy (non-hydrogen) atoms. The largest absolute Gasteiger partial charge is 0.486 e. The van der Waals surface area contributed by atoms with Gasteiger partial charge in [-0.15, -0.1) is 0 Å². The number of ether oxygens (including phenoxy) is 1. The third kappa shape index (κ3) is 2.67. The fraction of sp³-hybridized carbons (Fsp3) is 0.133. The minimum atomic E-state index is -0.511. The van der Waals surface area contributed by atoms with Crippen molar-refractivity contribution in [2.24, 2.45) is 0 Å². The van der Waals surface area contributed by atoms with Crippen LogP contribution in [0.25, 0.3) is 0 Å². The molecule has 0 spiro atoms. The number of hydrogen-bond acceptors (Lipinski definition) is 2. The third-order valence-corrected chi connectivity index (χ3v) is 2.71. The molecule has 0 heterocycles. The molecular formula is C15H12FNO. The summed E-state index contributed by atoms with van der Waals surface area (Å²) in [4.78, 5) is 0. The molecule has 0 N–H and O–H groups in total. The Balaban J connectivity index is 2.12. The predicted octanol–water partition coefficient (Wildman–Crippen LogP) is 3.58. The Labute approximate surface area is 105 Å². The van der Waals surface area contributed by atoms with E-state index in [9.17, 15) is 4.39 Å². The predicted molar refractivity (Wildman–Crippen MR) is 66.6 cm³/mol.